The molecule has 0 aliphatic carbocycles. The van der Waals surface area contributed by atoms with Crippen LogP contribution in [0.1, 0.15) is 77.5 Å². The number of benzene rings is 2. The monoisotopic (exact) mass is 839 g/mol. The van der Waals surface area contributed by atoms with Gasteiger partial charge in [-0.15, -0.1) is 21.5 Å². The molecule has 13 nitrogen and oxygen atoms in total. The third-order valence-corrected chi connectivity index (χ3v) is 12.6. The molecule has 0 radical (unpaired) electrons. The molecular formula is C43H50FN9O4S2. The number of amides is 1. The molecule has 0 spiro atoms. The average Bonchev–Trinajstić information content (AvgIpc) is 3.87. The van der Waals surface area contributed by atoms with Gasteiger partial charge in [-0.3, -0.25) is 9.69 Å². The number of hydrogen-bond donors (Lipinski definition) is 3. The zero-order valence-corrected chi connectivity index (χ0v) is 35.2. The van der Waals surface area contributed by atoms with Crippen molar-refractivity contribution in [2.75, 3.05) is 69.2 Å². The summed E-state index contributed by atoms with van der Waals surface area (Å²) in [6.07, 6.45) is 6.34. The van der Waals surface area contributed by atoms with Crippen molar-refractivity contribution >= 4 is 66.7 Å². The van der Waals surface area contributed by atoms with Crippen LogP contribution in [-0.2, 0) is 17.6 Å². The summed E-state index contributed by atoms with van der Waals surface area (Å²) < 4.78 is 21.9. The van der Waals surface area contributed by atoms with Gasteiger partial charge in [-0.25, -0.2) is 19.2 Å². The molecule has 2 aliphatic heterocycles. The smallest absolute Gasteiger partial charge is 0.355 e. The van der Waals surface area contributed by atoms with Crippen LogP contribution in [0.15, 0.2) is 42.5 Å². The lowest BCUT2D eigenvalue weighted by Crippen LogP contribution is -2.46. The summed E-state index contributed by atoms with van der Waals surface area (Å²) in [7, 11) is 0. The van der Waals surface area contributed by atoms with Gasteiger partial charge in [-0.05, 0) is 82.3 Å². The van der Waals surface area contributed by atoms with Crippen molar-refractivity contribution < 1.29 is 23.8 Å². The van der Waals surface area contributed by atoms with E-state index in [-0.39, 0.29) is 24.0 Å². The second kappa shape index (κ2) is 20.2. The second-order valence-corrected chi connectivity index (χ2v) is 16.8. The van der Waals surface area contributed by atoms with Crippen LogP contribution in [-0.4, -0.2) is 106 Å². The fourth-order valence-corrected chi connectivity index (χ4v) is 9.21. The van der Waals surface area contributed by atoms with Gasteiger partial charge in [0.05, 0.1) is 23.4 Å². The Bertz CT molecular complexity index is 2280. The van der Waals surface area contributed by atoms with Crippen LogP contribution < -0.4 is 20.3 Å². The van der Waals surface area contributed by atoms with Gasteiger partial charge >= 0.3 is 5.97 Å². The molecular weight excluding hydrogens is 790 g/mol. The molecule has 0 atom stereocenters. The molecule has 5 heterocycles. The fourth-order valence-electron chi connectivity index (χ4n) is 7.23. The maximum Gasteiger partial charge on any atom is 0.355 e. The molecule has 1 amide bonds. The molecule has 7 rings (SSSR count). The molecule has 3 aromatic heterocycles. The number of aromatic nitrogens is 4. The molecule has 0 unspecified atom stereocenters. The average molecular weight is 840 g/mol. The molecule has 16 heteroatoms. The van der Waals surface area contributed by atoms with Crippen molar-refractivity contribution in [1.29, 1.82) is 0 Å². The van der Waals surface area contributed by atoms with Crippen molar-refractivity contribution in [2.45, 2.75) is 65.2 Å². The summed E-state index contributed by atoms with van der Waals surface area (Å²) in [5.74, 6) is 6.28. The van der Waals surface area contributed by atoms with Gasteiger partial charge in [0.2, 0.25) is 5.91 Å². The lowest BCUT2D eigenvalue weighted by Gasteiger charge is -2.33. The van der Waals surface area contributed by atoms with Gasteiger partial charge in [-0.2, -0.15) is 0 Å². The van der Waals surface area contributed by atoms with E-state index < -0.39 is 11.8 Å². The molecule has 1 fully saturated rings. The molecule has 0 saturated carbocycles. The van der Waals surface area contributed by atoms with E-state index in [2.05, 4.69) is 52.4 Å². The Morgan fingerprint density at radius 3 is 2.61 bits per heavy atom. The highest BCUT2D eigenvalue weighted by Gasteiger charge is 2.28. The van der Waals surface area contributed by atoms with E-state index >= 15 is 4.39 Å². The van der Waals surface area contributed by atoms with E-state index in [4.69, 9.17) is 4.74 Å². The number of aromatic carboxylic acids is 1. The Morgan fingerprint density at radius 1 is 0.983 bits per heavy atom. The Kier molecular flexibility index (Phi) is 14.3. The van der Waals surface area contributed by atoms with Crippen LogP contribution >= 0.6 is 22.7 Å². The van der Waals surface area contributed by atoms with Crippen LogP contribution in [0.3, 0.4) is 0 Å². The Balaban J connectivity index is 0.871. The number of para-hydroxylation sites is 1. The summed E-state index contributed by atoms with van der Waals surface area (Å²) in [5, 5.41) is 26.7. The second-order valence-electron chi connectivity index (χ2n) is 14.7. The number of nitrogens with zero attached hydrogens (tertiary/aromatic N) is 7. The molecule has 310 valence electrons. The van der Waals surface area contributed by atoms with Gasteiger partial charge in [0.1, 0.15) is 0 Å². The first kappa shape index (κ1) is 41.9. The van der Waals surface area contributed by atoms with Crippen LogP contribution in [0.4, 0.5) is 26.3 Å². The number of nitrogens with one attached hydrogen (secondary N) is 2. The third kappa shape index (κ3) is 10.9. The van der Waals surface area contributed by atoms with E-state index in [1.165, 1.54) is 17.4 Å². The van der Waals surface area contributed by atoms with Gasteiger partial charge < -0.3 is 30.3 Å². The molecule has 5 aromatic rings. The number of hydrogen-bond acceptors (Lipinski definition) is 13. The van der Waals surface area contributed by atoms with E-state index in [1.807, 2.05) is 43.0 Å². The van der Waals surface area contributed by atoms with Gasteiger partial charge in [-0.1, -0.05) is 48.7 Å². The summed E-state index contributed by atoms with van der Waals surface area (Å²) >= 11 is 2.89. The van der Waals surface area contributed by atoms with Crippen molar-refractivity contribution in [2.24, 2.45) is 0 Å². The van der Waals surface area contributed by atoms with Crippen molar-refractivity contribution in [1.82, 2.24) is 35.3 Å². The summed E-state index contributed by atoms with van der Waals surface area (Å²) in [6, 6.07) is 12.7. The number of thiazole rings is 2. The van der Waals surface area contributed by atoms with Crippen molar-refractivity contribution in [3.63, 3.8) is 0 Å². The molecule has 2 aromatic carbocycles. The number of carbonyl (C=O) groups is 2. The number of ether oxygens (including phenoxy) is 1. The first-order valence-electron chi connectivity index (χ1n) is 20.4. The van der Waals surface area contributed by atoms with E-state index in [9.17, 15) is 14.7 Å². The Hall–Kier alpha value is -5.21. The lowest BCUT2D eigenvalue weighted by atomic mass is 10.0. The number of halogens is 1. The molecule has 0 bridgehead atoms. The summed E-state index contributed by atoms with van der Waals surface area (Å²) in [4.78, 5) is 40.2. The molecule has 2 aliphatic rings. The normalized spacial score (nSPS) is 14.5. The Morgan fingerprint density at radius 2 is 1.81 bits per heavy atom. The van der Waals surface area contributed by atoms with E-state index in [0.29, 0.717) is 59.6 Å². The zero-order chi connectivity index (χ0) is 41.1. The van der Waals surface area contributed by atoms with Crippen LogP contribution in [0.2, 0.25) is 0 Å². The summed E-state index contributed by atoms with van der Waals surface area (Å²) in [5.41, 5.74) is 3.53. The first-order chi connectivity index (χ1) is 28.7. The molecule has 3 N–H and O–H groups in total. The molecule has 1 saturated heterocycles. The largest absolute Gasteiger partial charge is 0.491 e. The highest BCUT2D eigenvalue weighted by molar-refractivity contribution is 7.22. The number of anilines is 4. The van der Waals surface area contributed by atoms with Gasteiger partial charge in [0.15, 0.2) is 39.2 Å². The maximum atomic E-state index is 15.0. The maximum absolute atomic E-state index is 15.0. The van der Waals surface area contributed by atoms with Crippen LogP contribution in [0.25, 0.3) is 10.2 Å². The third-order valence-electron chi connectivity index (χ3n) is 10.6. The molecule has 59 heavy (non-hydrogen) atoms. The predicted octanol–water partition coefficient (Wildman–Crippen LogP) is 7.19. The van der Waals surface area contributed by atoms with Crippen LogP contribution in [0, 0.1) is 24.6 Å². The zero-order valence-electron chi connectivity index (χ0n) is 33.6. The minimum atomic E-state index is -1.10. The number of unbranched alkanes of at least 4 members (excludes halogenated alkanes) is 2. The number of fused-ring (bicyclic) bond motifs is 2. The topological polar surface area (TPSA) is 149 Å². The predicted molar refractivity (Wildman–Crippen MR) is 231 cm³/mol. The van der Waals surface area contributed by atoms with Crippen molar-refractivity contribution in [3.8, 4) is 17.6 Å². The number of rotatable bonds is 17. The summed E-state index contributed by atoms with van der Waals surface area (Å²) in [6.45, 7) is 11.1. The van der Waals surface area contributed by atoms with Crippen LogP contribution in [0.5, 0.6) is 5.75 Å². The fraction of sp³-hybridized carbons (Fsp3) is 0.442. The highest BCUT2D eigenvalue weighted by Crippen LogP contribution is 2.39. The Labute approximate surface area is 352 Å². The minimum absolute atomic E-state index is 0.00819. The van der Waals surface area contributed by atoms with E-state index in [0.717, 1.165) is 97.8 Å². The van der Waals surface area contributed by atoms with Crippen molar-refractivity contribution in [3.05, 3.63) is 75.5 Å². The standard InChI is InChI=1S/C43H50FN9O4S2/c1-3-37(54)45-19-7-4-8-20-51-23-25-52(26-24-51)21-9-12-30-17-18-34(32(44)28-30)57-27-11-16-36-38(41(55)56)47-43(59-36)53-22-10-13-31-29(2)39(49-50-40(31)53)48-42-46-33-14-5-6-15-35(33)58-42/h5-6,14-15,17-18,28H,3-4,7-8,10-11,13,16,19-27H2,1-2H3,(H,45,54)(H,55,56)(H,46,48,49). The number of carbonyl (C=O) groups excluding carboxylic acids is 1. The number of carboxylic acid groups (broad SMARTS) is 1. The number of aryl methyl sites for hydroxylation is 1. The van der Waals surface area contributed by atoms with Gasteiger partial charge in [0, 0.05) is 67.3 Å². The SMILES string of the molecule is CCC(=O)NCCCCCN1CCN(CC#Cc2ccc(OCCCc3sc(N4CCCc5c4nnc(Nc4nc6ccccc6s4)c5C)nc3C(=O)O)c(F)c2)CC1. The van der Waals surface area contributed by atoms with Gasteiger partial charge in [0.25, 0.3) is 0 Å². The number of piperazine rings is 1. The number of carboxylic acids is 1. The first-order valence-corrected chi connectivity index (χ1v) is 22.0. The quantitative estimate of drug-likeness (QED) is 0.0643. The lowest BCUT2D eigenvalue weighted by molar-refractivity contribution is -0.120. The van der Waals surface area contributed by atoms with E-state index in [1.54, 1.807) is 23.5 Å². The highest BCUT2D eigenvalue weighted by atomic mass is 32.1. The minimum Gasteiger partial charge on any atom is -0.491 e.